The zero-order valence-corrected chi connectivity index (χ0v) is 12.7. The second kappa shape index (κ2) is 7.04. The van der Waals surface area contributed by atoms with Crippen LogP contribution in [-0.4, -0.2) is 23.4 Å². The Morgan fingerprint density at radius 2 is 2.10 bits per heavy atom. The second-order valence-electron chi connectivity index (χ2n) is 4.86. The van der Waals surface area contributed by atoms with Crippen LogP contribution in [0, 0.1) is 6.92 Å². The van der Waals surface area contributed by atoms with E-state index in [1.54, 1.807) is 17.9 Å². The summed E-state index contributed by atoms with van der Waals surface area (Å²) in [5.74, 6) is 0.726. The predicted octanol–water partition coefficient (Wildman–Crippen LogP) is 2.05. The second-order valence-corrected chi connectivity index (χ2v) is 4.86. The summed E-state index contributed by atoms with van der Waals surface area (Å²) in [6.07, 6.45) is 1.02. The van der Waals surface area contributed by atoms with Crippen molar-refractivity contribution in [1.29, 1.82) is 0 Å². The smallest absolute Gasteiger partial charge is 0.204 e. The van der Waals surface area contributed by atoms with Gasteiger partial charge in [0.15, 0.2) is 0 Å². The van der Waals surface area contributed by atoms with E-state index in [2.05, 4.69) is 17.3 Å². The lowest BCUT2D eigenvalue weighted by atomic mass is 10.2. The van der Waals surface area contributed by atoms with Crippen molar-refractivity contribution in [2.75, 3.05) is 13.7 Å². The van der Waals surface area contributed by atoms with Crippen molar-refractivity contribution in [1.82, 2.24) is 15.1 Å². The number of hydrogen-bond donors (Lipinski definition) is 1. The lowest BCUT2D eigenvalue weighted by molar-refractivity contribution is 0.411. The quantitative estimate of drug-likeness (QED) is 0.826. The first-order chi connectivity index (χ1) is 10.2. The van der Waals surface area contributed by atoms with Crippen LogP contribution in [0.2, 0.25) is 0 Å². The van der Waals surface area contributed by atoms with Crippen LogP contribution in [0.4, 0.5) is 0 Å². The van der Waals surface area contributed by atoms with Crippen LogP contribution < -0.4 is 15.5 Å². The SMILES string of the molecule is CCCNCc1nn(-c2ccccc2OC)c(C)cc1=O. The summed E-state index contributed by atoms with van der Waals surface area (Å²) in [6, 6.07) is 9.24. The third kappa shape index (κ3) is 3.49. The molecule has 0 aliphatic carbocycles. The average molecular weight is 287 g/mol. The summed E-state index contributed by atoms with van der Waals surface area (Å²) < 4.78 is 7.12. The Labute approximate surface area is 124 Å². The molecule has 0 radical (unpaired) electrons. The normalized spacial score (nSPS) is 10.6. The van der Waals surface area contributed by atoms with Crippen LogP contribution in [0.1, 0.15) is 24.7 Å². The molecule has 1 heterocycles. The highest BCUT2D eigenvalue weighted by molar-refractivity contribution is 5.46. The highest BCUT2D eigenvalue weighted by Crippen LogP contribution is 2.21. The molecule has 0 spiro atoms. The first-order valence-electron chi connectivity index (χ1n) is 7.11. The molecule has 21 heavy (non-hydrogen) atoms. The molecule has 1 aromatic heterocycles. The summed E-state index contributed by atoms with van der Waals surface area (Å²) >= 11 is 0. The number of nitrogens with zero attached hydrogens (tertiary/aromatic N) is 2. The van der Waals surface area contributed by atoms with Crippen LogP contribution in [0.3, 0.4) is 0 Å². The Hall–Kier alpha value is -2.14. The Kier molecular flexibility index (Phi) is 5.11. The molecule has 0 saturated carbocycles. The summed E-state index contributed by atoms with van der Waals surface area (Å²) in [5, 5.41) is 7.70. The number of hydrogen-bond acceptors (Lipinski definition) is 4. The summed E-state index contributed by atoms with van der Waals surface area (Å²) in [5.41, 5.74) is 2.08. The summed E-state index contributed by atoms with van der Waals surface area (Å²) in [7, 11) is 1.63. The number of aromatic nitrogens is 2. The van der Waals surface area contributed by atoms with Crippen LogP contribution >= 0.6 is 0 Å². The van der Waals surface area contributed by atoms with Gasteiger partial charge in [-0.2, -0.15) is 5.10 Å². The van der Waals surface area contributed by atoms with E-state index in [-0.39, 0.29) is 5.43 Å². The molecule has 1 N–H and O–H groups in total. The molecule has 0 amide bonds. The zero-order valence-electron chi connectivity index (χ0n) is 12.7. The Morgan fingerprint density at radius 3 is 2.81 bits per heavy atom. The maximum absolute atomic E-state index is 12.0. The van der Waals surface area contributed by atoms with E-state index in [0.29, 0.717) is 12.2 Å². The highest BCUT2D eigenvalue weighted by Gasteiger charge is 2.10. The number of nitrogens with one attached hydrogen (secondary N) is 1. The molecule has 0 saturated heterocycles. The van der Waals surface area contributed by atoms with Crippen LogP contribution in [-0.2, 0) is 6.54 Å². The fraction of sp³-hybridized carbons (Fsp3) is 0.375. The molecule has 5 heteroatoms. The molecule has 1 aromatic carbocycles. The largest absolute Gasteiger partial charge is 0.494 e. The molecule has 0 aliphatic rings. The number of ether oxygens (including phenoxy) is 1. The Bertz CT molecular complexity index is 665. The first kappa shape index (κ1) is 15.3. The molecule has 5 nitrogen and oxygen atoms in total. The first-order valence-corrected chi connectivity index (χ1v) is 7.11. The fourth-order valence-corrected chi connectivity index (χ4v) is 2.14. The standard InChI is InChI=1S/C16H21N3O2/c1-4-9-17-11-13-15(20)10-12(2)19(18-13)14-7-5-6-8-16(14)21-3/h5-8,10,17H,4,9,11H2,1-3H3. The fourth-order valence-electron chi connectivity index (χ4n) is 2.14. The number of methoxy groups -OCH3 is 1. The Balaban J connectivity index is 2.43. The van der Waals surface area contributed by atoms with Gasteiger partial charge in [0.05, 0.1) is 7.11 Å². The van der Waals surface area contributed by atoms with Crippen LogP contribution in [0.5, 0.6) is 5.75 Å². The maximum Gasteiger partial charge on any atom is 0.204 e. The van der Waals surface area contributed by atoms with Crippen molar-refractivity contribution in [3.05, 3.63) is 51.9 Å². The van der Waals surface area contributed by atoms with Crippen molar-refractivity contribution in [3.63, 3.8) is 0 Å². The van der Waals surface area contributed by atoms with Gasteiger partial charge in [0.1, 0.15) is 17.1 Å². The van der Waals surface area contributed by atoms with Crippen LogP contribution in [0.25, 0.3) is 5.69 Å². The van der Waals surface area contributed by atoms with Gasteiger partial charge >= 0.3 is 0 Å². The Morgan fingerprint density at radius 1 is 1.33 bits per heavy atom. The number of aryl methyl sites for hydroxylation is 1. The topological polar surface area (TPSA) is 56.1 Å². The van der Waals surface area contributed by atoms with Gasteiger partial charge in [-0.05, 0) is 32.0 Å². The monoisotopic (exact) mass is 287 g/mol. The van der Waals surface area contributed by atoms with Gasteiger partial charge in [-0.25, -0.2) is 4.68 Å². The van der Waals surface area contributed by atoms with Crippen molar-refractivity contribution >= 4 is 0 Å². The van der Waals surface area contributed by atoms with E-state index in [1.807, 2.05) is 31.2 Å². The number of benzene rings is 1. The molecule has 0 bridgehead atoms. The number of rotatable bonds is 6. The highest BCUT2D eigenvalue weighted by atomic mass is 16.5. The minimum absolute atomic E-state index is 0.0396. The van der Waals surface area contributed by atoms with Gasteiger partial charge in [-0.1, -0.05) is 19.1 Å². The minimum Gasteiger partial charge on any atom is -0.494 e. The summed E-state index contributed by atoms with van der Waals surface area (Å²) in [4.78, 5) is 12.0. The number of para-hydroxylation sites is 2. The summed E-state index contributed by atoms with van der Waals surface area (Å²) in [6.45, 7) is 5.29. The van der Waals surface area contributed by atoms with E-state index < -0.39 is 0 Å². The third-order valence-corrected chi connectivity index (χ3v) is 3.21. The maximum atomic E-state index is 12.0. The van der Waals surface area contributed by atoms with Gasteiger partial charge in [-0.15, -0.1) is 0 Å². The van der Waals surface area contributed by atoms with Crippen molar-refractivity contribution in [3.8, 4) is 11.4 Å². The van der Waals surface area contributed by atoms with E-state index in [0.717, 1.165) is 30.1 Å². The lowest BCUT2D eigenvalue weighted by Crippen LogP contribution is -2.25. The predicted molar refractivity (Wildman–Crippen MR) is 83.1 cm³/mol. The van der Waals surface area contributed by atoms with Gasteiger partial charge < -0.3 is 10.1 Å². The van der Waals surface area contributed by atoms with Gasteiger partial charge in [0.25, 0.3) is 0 Å². The average Bonchev–Trinajstić information content (AvgIpc) is 2.49. The van der Waals surface area contributed by atoms with E-state index in [9.17, 15) is 4.79 Å². The third-order valence-electron chi connectivity index (χ3n) is 3.21. The van der Waals surface area contributed by atoms with Gasteiger partial charge in [-0.3, -0.25) is 4.79 Å². The molecule has 2 aromatic rings. The van der Waals surface area contributed by atoms with Crippen molar-refractivity contribution in [2.24, 2.45) is 0 Å². The molecule has 112 valence electrons. The molecule has 0 unspecified atom stereocenters. The molecule has 0 atom stereocenters. The zero-order chi connectivity index (χ0) is 15.2. The van der Waals surface area contributed by atoms with E-state index in [1.165, 1.54) is 0 Å². The molecular weight excluding hydrogens is 266 g/mol. The minimum atomic E-state index is -0.0396. The molecular formula is C16H21N3O2. The van der Waals surface area contributed by atoms with E-state index in [4.69, 9.17) is 4.74 Å². The molecule has 0 fully saturated rings. The van der Waals surface area contributed by atoms with Crippen molar-refractivity contribution in [2.45, 2.75) is 26.8 Å². The van der Waals surface area contributed by atoms with Gasteiger partial charge in [0, 0.05) is 18.3 Å². The van der Waals surface area contributed by atoms with Gasteiger partial charge in [0.2, 0.25) is 5.43 Å². The van der Waals surface area contributed by atoms with E-state index >= 15 is 0 Å². The molecule has 0 aliphatic heterocycles. The lowest BCUT2D eigenvalue weighted by Gasteiger charge is -2.14. The molecule has 2 rings (SSSR count). The van der Waals surface area contributed by atoms with Crippen LogP contribution in [0.15, 0.2) is 35.1 Å². The van der Waals surface area contributed by atoms with Crippen molar-refractivity contribution < 1.29 is 4.74 Å².